The lowest BCUT2D eigenvalue weighted by atomic mass is 10.1. The van der Waals surface area contributed by atoms with Gasteiger partial charge in [0, 0.05) is 12.6 Å². The van der Waals surface area contributed by atoms with Crippen LogP contribution in [0.25, 0.3) is 0 Å². The summed E-state index contributed by atoms with van der Waals surface area (Å²) >= 11 is 2.23. The maximum absolute atomic E-state index is 5.27. The average Bonchev–Trinajstić information content (AvgIpc) is 2.25. The van der Waals surface area contributed by atoms with Crippen LogP contribution < -0.4 is 5.32 Å². The zero-order valence-electron chi connectivity index (χ0n) is 8.16. The molecule has 0 aliphatic carbocycles. The van der Waals surface area contributed by atoms with Crippen LogP contribution in [-0.4, -0.2) is 13.2 Å². The lowest BCUT2D eigenvalue weighted by Gasteiger charge is -2.13. The fourth-order valence-corrected chi connectivity index (χ4v) is 2.06. The summed E-state index contributed by atoms with van der Waals surface area (Å²) in [6, 6.07) is 10.8. The quantitative estimate of drug-likeness (QED) is 0.493. The van der Waals surface area contributed by atoms with Gasteiger partial charge in [-0.15, -0.1) is 0 Å². The smallest absolute Gasteiger partial charge is 0.0794 e. The van der Waals surface area contributed by atoms with Gasteiger partial charge in [-0.1, -0.05) is 30.3 Å². The first-order valence-electron chi connectivity index (χ1n) is 4.60. The monoisotopic (exact) mass is 323 g/mol. The second kappa shape index (κ2) is 7.57. The number of halogens is 1. The molecule has 2 nitrogen and oxygen atoms in total. The van der Waals surface area contributed by atoms with Gasteiger partial charge >= 0.3 is 0 Å². The van der Waals surface area contributed by atoms with Crippen molar-refractivity contribution in [2.24, 2.45) is 0 Å². The Morgan fingerprint density at radius 3 is 2.79 bits per heavy atom. The van der Waals surface area contributed by atoms with Gasteiger partial charge in [0.15, 0.2) is 0 Å². The molecular weight excluding hydrogens is 308 g/mol. The molecule has 0 spiro atoms. The Hall–Kier alpha value is 0.300. The lowest BCUT2D eigenvalue weighted by Crippen LogP contribution is -2.22. The molecule has 1 N–H and O–H groups in total. The minimum atomic E-state index is 0.400. The summed E-state index contributed by atoms with van der Waals surface area (Å²) in [5.74, 6) is 0. The number of nitrogens with one attached hydrogen (secondary N) is 1. The molecule has 2 unspecified atom stereocenters. The Labute approximate surface area is 100 Å². The Morgan fingerprint density at radius 1 is 1.43 bits per heavy atom. The summed E-state index contributed by atoms with van der Waals surface area (Å²) in [7, 11) is 0. The van der Waals surface area contributed by atoms with E-state index in [0.717, 1.165) is 13.2 Å². The van der Waals surface area contributed by atoms with Crippen LogP contribution in [0.1, 0.15) is 18.5 Å². The predicted octanol–water partition coefficient (Wildman–Crippen LogP) is 3.30. The molecule has 0 aliphatic heterocycles. The third-order valence-electron chi connectivity index (χ3n) is 2.01. The van der Waals surface area contributed by atoms with Crippen LogP contribution in [0.3, 0.4) is 0 Å². The van der Waals surface area contributed by atoms with Gasteiger partial charge in [0.2, 0.25) is 0 Å². The Balaban J connectivity index is 2.25. The molecule has 78 valence electrons. The van der Waals surface area contributed by atoms with E-state index in [-0.39, 0.29) is 0 Å². The molecule has 2 atom stereocenters. The summed E-state index contributed by atoms with van der Waals surface area (Å²) in [6.45, 7) is 4.43. The number of hydrogen-bond acceptors (Lipinski definition) is 2. The van der Waals surface area contributed by atoms with Crippen molar-refractivity contribution in [2.75, 3.05) is 13.2 Å². The topological polar surface area (TPSA) is 21.3 Å². The molecule has 0 heterocycles. The van der Waals surface area contributed by atoms with Crippen LogP contribution in [0, 0.1) is 0 Å². The molecule has 0 aliphatic rings. The van der Waals surface area contributed by atoms with Gasteiger partial charge in [-0.25, -0.2) is 0 Å². The van der Waals surface area contributed by atoms with E-state index < -0.39 is 0 Å². The molecule has 1 aromatic rings. The second-order valence-electron chi connectivity index (χ2n) is 3.01. The number of hydrogen-bond donors (Lipinski definition) is 1. The van der Waals surface area contributed by atoms with Crippen molar-refractivity contribution in [1.82, 2.24) is 5.32 Å². The molecule has 1 aromatic carbocycles. The molecule has 14 heavy (non-hydrogen) atoms. The average molecular weight is 323 g/mol. The highest BCUT2D eigenvalue weighted by molar-refractivity contribution is 14.2. The van der Waals surface area contributed by atoms with Crippen LogP contribution in [0.5, 0.6) is 0 Å². The molecule has 1 rings (SSSR count). The van der Waals surface area contributed by atoms with Crippen LogP contribution in [-0.2, 0) is 4.52 Å². The van der Waals surface area contributed by atoms with Crippen molar-refractivity contribution in [3.05, 3.63) is 35.9 Å². The fraction of sp³-hybridized carbons (Fsp3) is 0.400. The van der Waals surface area contributed by atoms with Crippen molar-refractivity contribution in [3.8, 4) is 0 Å². The van der Waals surface area contributed by atoms with Crippen LogP contribution >= 0.6 is 28.5 Å². The van der Waals surface area contributed by atoms with E-state index in [1.807, 2.05) is 6.07 Å². The van der Waals surface area contributed by atoms with Crippen LogP contribution in [0.4, 0.5) is 0 Å². The SMILES string of the molecule is CC(NCCOPI)c1ccccc1. The van der Waals surface area contributed by atoms with Crippen molar-refractivity contribution in [1.29, 1.82) is 0 Å². The first kappa shape index (κ1) is 12.4. The van der Waals surface area contributed by atoms with Gasteiger partial charge in [0.1, 0.15) is 0 Å². The van der Waals surface area contributed by atoms with Gasteiger partial charge in [0.05, 0.1) is 13.1 Å². The summed E-state index contributed by atoms with van der Waals surface area (Å²) in [6.07, 6.45) is 0. The van der Waals surface area contributed by atoms with Gasteiger partial charge in [0.25, 0.3) is 0 Å². The predicted molar refractivity (Wildman–Crippen MR) is 71.1 cm³/mol. The van der Waals surface area contributed by atoms with E-state index >= 15 is 0 Å². The molecule has 4 heteroatoms. The minimum absolute atomic E-state index is 0.400. The molecular formula is C10H15INOP. The highest BCUT2D eigenvalue weighted by atomic mass is 127. The highest BCUT2D eigenvalue weighted by Crippen LogP contribution is 2.20. The molecule has 0 saturated heterocycles. The standard InChI is InChI=1S/C10H15INOP/c1-9(12-7-8-13-14-11)10-5-3-2-4-6-10/h2-6,9,12,14H,7-8H2,1H3. The molecule has 0 radical (unpaired) electrons. The molecule has 0 saturated carbocycles. The van der Waals surface area contributed by atoms with Crippen molar-refractivity contribution < 1.29 is 4.52 Å². The van der Waals surface area contributed by atoms with E-state index in [9.17, 15) is 0 Å². The van der Waals surface area contributed by atoms with Crippen molar-refractivity contribution in [3.63, 3.8) is 0 Å². The van der Waals surface area contributed by atoms with Crippen LogP contribution in [0.15, 0.2) is 30.3 Å². The highest BCUT2D eigenvalue weighted by Gasteiger charge is 2.02. The van der Waals surface area contributed by atoms with Crippen molar-refractivity contribution >= 4 is 28.5 Å². The maximum atomic E-state index is 5.27. The van der Waals surface area contributed by atoms with Gasteiger partial charge in [-0.3, -0.25) is 0 Å². The molecule has 0 aromatic heterocycles. The first-order valence-corrected chi connectivity index (χ1v) is 8.62. The second-order valence-corrected chi connectivity index (χ2v) is 4.78. The third-order valence-corrected chi connectivity index (χ3v) is 3.26. The molecule has 0 fully saturated rings. The Bertz CT molecular complexity index is 245. The maximum Gasteiger partial charge on any atom is 0.0794 e. The Morgan fingerprint density at radius 2 is 2.14 bits per heavy atom. The Kier molecular flexibility index (Phi) is 6.69. The van der Waals surface area contributed by atoms with E-state index in [1.54, 1.807) is 0 Å². The normalized spacial score (nSPS) is 13.6. The van der Waals surface area contributed by atoms with Crippen LogP contribution in [0.2, 0.25) is 0 Å². The van der Waals surface area contributed by atoms with Gasteiger partial charge in [-0.2, -0.15) is 0 Å². The summed E-state index contributed by atoms with van der Waals surface area (Å²) in [5.41, 5.74) is 1.32. The minimum Gasteiger partial charge on any atom is -0.350 e. The molecule has 0 amide bonds. The van der Waals surface area contributed by atoms with Crippen molar-refractivity contribution in [2.45, 2.75) is 13.0 Å². The summed E-state index contributed by atoms with van der Waals surface area (Å²) in [5, 5.41) is 3.41. The number of benzene rings is 1. The van der Waals surface area contributed by atoms with E-state index in [1.165, 1.54) is 5.56 Å². The summed E-state index contributed by atoms with van der Waals surface area (Å²) in [4.78, 5) is 0. The van der Waals surface area contributed by atoms with Gasteiger partial charge in [-0.05, 0) is 34.5 Å². The largest absolute Gasteiger partial charge is 0.350 e. The summed E-state index contributed by atoms with van der Waals surface area (Å²) < 4.78 is 5.27. The lowest BCUT2D eigenvalue weighted by molar-refractivity contribution is 0.353. The van der Waals surface area contributed by atoms with E-state index in [0.29, 0.717) is 12.5 Å². The zero-order valence-corrected chi connectivity index (χ0v) is 11.3. The molecule has 0 bridgehead atoms. The van der Waals surface area contributed by atoms with E-state index in [2.05, 4.69) is 58.5 Å². The third kappa shape index (κ3) is 4.69. The first-order chi connectivity index (χ1) is 6.84. The zero-order chi connectivity index (χ0) is 10.2. The fourth-order valence-electron chi connectivity index (χ4n) is 1.22. The number of rotatable bonds is 6. The van der Waals surface area contributed by atoms with E-state index in [4.69, 9.17) is 4.52 Å². The van der Waals surface area contributed by atoms with Gasteiger partial charge < -0.3 is 9.84 Å².